The van der Waals surface area contributed by atoms with E-state index in [4.69, 9.17) is 11.6 Å². The molecule has 0 aliphatic heterocycles. The maximum Gasteiger partial charge on any atom is 0.0568 e. The molecular weight excluding hydrogens is 258 g/mol. The molecule has 0 radical (unpaired) electrons. The summed E-state index contributed by atoms with van der Waals surface area (Å²) < 4.78 is 1.93. The SMILES string of the molecule is CCCNCc1ccc(Cl)cc1-c1cnn(CC)c1. The van der Waals surface area contributed by atoms with E-state index in [1.807, 2.05) is 23.0 Å². The highest BCUT2D eigenvalue weighted by atomic mass is 35.5. The number of nitrogens with zero attached hydrogens (tertiary/aromatic N) is 2. The van der Waals surface area contributed by atoms with Crippen molar-refractivity contribution in [1.29, 1.82) is 0 Å². The fourth-order valence-electron chi connectivity index (χ4n) is 2.05. The third kappa shape index (κ3) is 3.58. The van der Waals surface area contributed by atoms with Crippen molar-refractivity contribution in [3.8, 4) is 11.1 Å². The van der Waals surface area contributed by atoms with Crippen molar-refractivity contribution in [2.24, 2.45) is 0 Å². The Hall–Kier alpha value is -1.32. The van der Waals surface area contributed by atoms with Crippen LogP contribution in [0.3, 0.4) is 0 Å². The fourth-order valence-corrected chi connectivity index (χ4v) is 2.22. The van der Waals surface area contributed by atoms with E-state index >= 15 is 0 Å². The quantitative estimate of drug-likeness (QED) is 0.816. The lowest BCUT2D eigenvalue weighted by Gasteiger charge is -2.09. The van der Waals surface area contributed by atoms with Gasteiger partial charge in [-0.25, -0.2) is 0 Å². The van der Waals surface area contributed by atoms with Crippen molar-refractivity contribution in [1.82, 2.24) is 15.1 Å². The molecule has 1 aromatic heterocycles. The molecule has 0 spiro atoms. The highest BCUT2D eigenvalue weighted by Crippen LogP contribution is 2.26. The lowest BCUT2D eigenvalue weighted by molar-refractivity contribution is 0.660. The summed E-state index contributed by atoms with van der Waals surface area (Å²) in [5.74, 6) is 0. The van der Waals surface area contributed by atoms with Crippen molar-refractivity contribution in [3.63, 3.8) is 0 Å². The Morgan fingerprint density at radius 2 is 2.16 bits per heavy atom. The van der Waals surface area contributed by atoms with Crippen LogP contribution in [0, 0.1) is 0 Å². The van der Waals surface area contributed by atoms with Gasteiger partial charge in [0.1, 0.15) is 0 Å². The van der Waals surface area contributed by atoms with Crippen LogP contribution in [0.4, 0.5) is 0 Å². The summed E-state index contributed by atoms with van der Waals surface area (Å²) >= 11 is 6.12. The maximum atomic E-state index is 6.12. The Morgan fingerprint density at radius 1 is 1.32 bits per heavy atom. The summed E-state index contributed by atoms with van der Waals surface area (Å²) in [7, 11) is 0. The first-order chi connectivity index (χ1) is 9.24. The number of hydrogen-bond acceptors (Lipinski definition) is 2. The number of rotatable bonds is 6. The summed E-state index contributed by atoms with van der Waals surface area (Å²) in [4.78, 5) is 0. The smallest absolute Gasteiger partial charge is 0.0568 e. The Kier molecular flexibility index (Phi) is 5.00. The molecule has 19 heavy (non-hydrogen) atoms. The molecule has 0 amide bonds. The van der Waals surface area contributed by atoms with E-state index in [0.29, 0.717) is 0 Å². The average molecular weight is 278 g/mol. The molecular formula is C15H20ClN3. The van der Waals surface area contributed by atoms with E-state index < -0.39 is 0 Å². The van der Waals surface area contributed by atoms with E-state index in [0.717, 1.165) is 42.2 Å². The molecule has 102 valence electrons. The molecule has 0 aliphatic carbocycles. The van der Waals surface area contributed by atoms with Gasteiger partial charge in [0.15, 0.2) is 0 Å². The number of hydrogen-bond donors (Lipinski definition) is 1. The van der Waals surface area contributed by atoms with Gasteiger partial charge in [0, 0.05) is 29.9 Å². The minimum atomic E-state index is 0.762. The van der Waals surface area contributed by atoms with Gasteiger partial charge < -0.3 is 5.32 Å². The Labute approximate surface area is 119 Å². The molecule has 0 aliphatic rings. The maximum absolute atomic E-state index is 6.12. The van der Waals surface area contributed by atoms with Crippen LogP contribution in [0.2, 0.25) is 5.02 Å². The Morgan fingerprint density at radius 3 is 2.84 bits per heavy atom. The van der Waals surface area contributed by atoms with Crippen molar-refractivity contribution < 1.29 is 0 Å². The minimum absolute atomic E-state index is 0.762. The second-order valence-electron chi connectivity index (χ2n) is 4.56. The van der Waals surface area contributed by atoms with Crippen molar-refractivity contribution in [3.05, 3.63) is 41.2 Å². The van der Waals surface area contributed by atoms with Gasteiger partial charge in [-0.05, 0) is 43.1 Å². The van der Waals surface area contributed by atoms with Gasteiger partial charge in [-0.15, -0.1) is 0 Å². The zero-order chi connectivity index (χ0) is 13.7. The fraction of sp³-hybridized carbons (Fsp3) is 0.400. The van der Waals surface area contributed by atoms with Gasteiger partial charge in [-0.2, -0.15) is 5.10 Å². The van der Waals surface area contributed by atoms with Gasteiger partial charge in [0.05, 0.1) is 6.20 Å². The first-order valence-electron chi connectivity index (χ1n) is 6.76. The highest BCUT2D eigenvalue weighted by molar-refractivity contribution is 6.30. The second kappa shape index (κ2) is 6.73. The normalized spacial score (nSPS) is 10.9. The topological polar surface area (TPSA) is 29.9 Å². The Balaban J connectivity index is 2.28. The molecule has 1 N–H and O–H groups in total. The lowest BCUT2D eigenvalue weighted by Crippen LogP contribution is -2.14. The monoisotopic (exact) mass is 277 g/mol. The van der Waals surface area contributed by atoms with Crippen LogP contribution in [0.1, 0.15) is 25.8 Å². The van der Waals surface area contributed by atoms with Crippen LogP contribution in [-0.4, -0.2) is 16.3 Å². The van der Waals surface area contributed by atoms with Crippen LogP contribution in [0.25, 0.3) is 11.1 Å². The predicted molar refractivity (Wildman–Crippen MR) is 80.3 cm³/mol. The molecule has 0 atom stereocenters. The van der Waals surface area contributed by atoms with Gasteiger partial charge in [-0.1, -0.05) is 24.6 Å². The van der Waals surface area contributed by atoms with Crippen LogP contribution in [-0.2, 0) is 13.1 Å². The van der Waals surface area contributed by atoms with Gasteiger partial charge >= 0.3 is 0 Å². The standard InChI is InChI=1S/C15H20ClN3/c1-3-7-17-9-12-5-6-14(16)8-15(12)13-10-18-19(4-2)11-13/h5-6,8,10-11,17H,3-4,7,9H2,1-2H3. The van der Waals surface area contributed by atoms with E-state index in [-0.39, 0.29) is 0 Å². The molecule has 2 rings (SSSR count). The molecule has 3 nitrogen and oxygen atoms in total. The summed E-state index contributed by atoms with van der Waals surface area (Å²) in [5, 5.41) is 8.53. The summed E-state index contributed by atoms with van der Waals surface area (Å²) in [6.07, 6.45) is 5.10. The molecule has 0 saturated carbocycles. The van der Waals surface area contributed by atoms with Gasteiger partial charge in [0.2, 0.25) is 0 Å². The van der Waals surface area contributed by atoms with E-state index in [1.165, 1.54) is 5.56 Å². The molecule has 0 bridgehead atoms. The number of nitrogens with one attached hydrogen (secondary N) is 1. The zero-order valence-corrected chi connectivity index (χ0v) is 12.2. The third-order valence-electron chi connectivity index (χ3n) is 3.08. The van der Waals surface area contributed by atoms with Gasteiger partial charge in [-0.3, -0.25) is 4.68 Å². The second-order valence-corrected chi connectivity index (χ2v) is 5.00. The minimum Gasteiger partial charge on any atom is -0.313 e. The summed E-state index contributed by atoms with van der Waals surface area (Å²) in [6, 6.07) is 6.05. The van der Waals surface area contributed by atoms with Crippen molar-refractivity contribution in [2.75, 3.05) is 6.54 Å². The molecule has 1 aromatic carbocycles. The first kappa shape index (κ1) is 14.1. The van der Waals surface area contributed by atoms with Crippen molar-refractivity contribution >= 4 is 11.6 Å². The molecule has 0 saturated heterocycles. The number of aromatic nitrogens is 2. The third-order valence-corrected chi connectivity index (χ3v) is 3.32. The molecule has 2 aromatic rings. The van der Waals surface area contributed by atoms with Crippen LogP contribution >= 0.6 is 11.6 Å². The Bertz CT molecular complexity index is 534. The first-order valence-corrected chi connectivity index (χ1v) is 7.14. The number of halogens is 1. The predicted octanol–water partition coefficient (Wildman–Crippen LogP) is 3.72. The van der Waals surface area contributed by atoms with Crippen LogP contribution < -0.4 is 5.32 Å². The summed E-state index contributed by atoms with van der Waals surface area (Å²) in [5.41, 5.74) is 3.54. The van der Waals surface area contributed by atoms with Crippen LogP contribution in [0.5, 0.6) is 0 Å². The van der Waals surface area contributed by atoms with Crippen molar-refractivity contribution in [2.45, 2.75) is 33.4 Å². The molecule has 0 unspecified atom stereocenters. The largest absolute Gasteiger partial charge is 0.313 e. The number of aryl methyl sites for hydroxylation is 1. The number of benzene rings is 1. The molecule has 1 heterocycles. The van der Waals surface area contributed by atoms with E-state index in [9.17, 15) is 0 Å². The zero-order valence-electron chi connectivity index (χ0n) is 11.5. The average Bonchev–Trinajstić information content (AvgIpc) is 2.89. The highest BCUT2D eigenvalue weighted by Gasteiger charge is 2.08. The summed E-state index contributed by atoms with van der Waals surface area (Å²) in [6.45, 7) is 7.01. The van der Waals surface area contributed by atoms with E-state index in [1.54, 1.807) is 0 Å². The molecule has 4 heteroatoms. The molecule has 0 fully saturated rings. The lowest BCUT2D eigenvalue weighted by atomic mass is 10.0. The van der Waals surface area contributed by atoms with Gasteiger partial charge in [0.25, 0.3) is 0 Å². The van der Waals surface area contributed by atoms with E-state index in [2.05, 4.69) is 36.5 Å². The van der Waals surface area contributed by atoms with Crippen LogP contribution in [0.15, 0.2) is 30.6 Å².